The molecule has 1 heterocycles. The number of para-hydroxylation sites is 1. The van der Waals surface area contributed by atoms with Crippen molar-refractivity contribution >= 4 is 22.8 Å². The van der Waals surface area contributed by atoms with E-state index >= 15 is 0 Å². The number of amides is 1. The third kappa shape index (κ3) is 3.78. The summed E-state index contributed by atoms with van der Waals surface area (Å²) in [7, 11) is 1.32. The lowest BCUT2D eigenvalue weighted by Crippen LogP contribution is -2.28. The average Bonchev–Trinajstić information content (AvgIpc) is 2.47. The van der Waals surface area contributed by atoms with Crippen LogP contribution in [0.3, 0.4) is 0 Å². The summed E-state index contributed by atoms with van der Waals surface area (Å²) in [5.74, 6) is -0.495. The van der Waals surface area contributed by atoms with Crippen molar-refractivity contribution in [1.82, 2.24) is 10.3 Å². The van der Waals surface area contributed by atoms with E-state index in [9.17, 15) is 9.59 Å². The van der Waals surface area contributed by atoms with E-state index < -0.39 is 0 Å². The van der Waals surface area contributed by atoms with E-state index in [1.807, 2.05) is 36.4 Å². The fourth-order valence-electron chi connectivity index (χ4n) is 1.84. The maximum atomic E-state index is 11.7. The summed E-state index contributed by atoms with van der Waals surface area (Å²) < 4.78 is 4.50. The van der Waals surface area contributed by atoms with Crippen molar-refractivity contribution in [2.24, 2.45) is 0 Å². The van der Waals surface area contributed by atoms with Crippen LogP contribution in [0.2, 0.25) is 0 Å². The predicted octanol–water partition coefficient (Wildman–Crippen LogP) is 1.46. The number of carbonyl (C=O) groups excluding carboxylic acids is 2. The summed E-state index contributed by atoms with van der Waals surface area (Å²) >= 11 is 0. The number of benzene rings is 1. The van der Waals surface area contributed by atoms with Gasteiger partial charge < -0.3 is 10.1 Å². The van der Waals surface area contributed by atoms with Gasteiger partial charge in [-0.1, -0.05) is 24.3 Å². The maximum Gasteiger partial charge on any atom is 0.307 e. The topological polar surface area (TPSA) is 68.3 Å². The number of rotatable bonds is 5. The molecule has 0 spiro atoms. The Labute approximate surface area is 117 Å². The van der Waals surface area contributed by atoms with Gasteiger partial charge in [0.2, 0.25) is 5.91 Å². The van der Waals surface area contributed by atoms with Gasteiger partial charge in [0.25, 0.3) is 0 Å². The lowest BCUT2D eigenvalue weighted by molar-refractivity contribution is -0.140. The highest BCUT2D eigenvalue weighted by molar-refractivity contribution is 5.81. The van der Waals surface area contributed by atoms with Gasteiger partial charge >= 0.3 is 5.97 Å². The van der Waals surface area contributed by atoms with Crippen molar-refractivity contribution in [3.63, 3.8) is 0 Å². The minimum Gasteiger partial charge on any atom is -0.469 e. The van der Waals surface area contributed by atoms with E-state index in [0.29, 0.717) is 5.69 Å². The fourth-order valence-corrected chi connectivity index (χ4v) is 1.84. The molecule has 2 aromatic rings. The molecule has 104 valence electrons. The van der Waals surface area contributed by atoms with Crippen LogP contribution < -0.4 is 5.32 Å². The lowest BCUT2D eigenvalue weighted by Gasteiger charge is -2.05. The van der Waals surface area contributed by atoms with Gasteiger partial charge in [0.1, 0.15) is 0 Å². The first-order chi connectivity index (χ1) is 9.69. The number of ether oxygens (including phenoxy) is 1. The van der Waals surface area contributed by atoms with Crippen LogP contribution in [0.25, 0.3) is 10.9 Å². The first kappa shape index (κ1) is 14.0. The Morgan fingerprint density at radius 1 is 1.20 bits per heavy atom. The van der Waals surface area contributed by atoms with Crippen LogP contribution >= 0.6 is 0 Å². The van der Waals surface area contributed by atoms with Crippen LogP contribution in [0, 0.1) is 0 Å². The van der Waals surface area contributed by atoms with Gasteiger partial charge in [-0.15, -0.1) is 0 Å². The third-order valence-corrected chi connectivity index (χ3v) is 2.88. The summed E-state index contributed by atoms with van der Waals surface area (Å²) in [5.41, 5.74) is 1.58. The minimum absolute atomic E-state index is 0.156. The largest absolute Gasteiger partial charge is 0.469 e. The summed E-state index contributed by atoms with van der Waals surface area (Å²) in [5, 5.41) is 3.71. The van der Waals surface area contributed by atoms with Crippen molar-refractivity contribution in [3.05, 3.63) is 42.1 Å². The standard InChI is InChI=1S/C15H16N2O3/c1-20-15(19)8-9-16-14(18)10-12-7-6-11-4-2-3-5-13(11)17-12/h2-7H,8-10H2,1H3,(H,16,18). The predicted molar refractivity (Wildman–Crippen MR) is 75.1 cm³/mol. The maximum absolute atomic E-state index is 11.7. The highest BCUT2D eigenvalue weighted by atomic mass is 16.5. The average molecular weight is 272 g/mol. The molecule has 0 saturated heterocycles. The van der Waals surface area contributed by atoms with Crippen LogP contribution in [0.15, 0.2) is 36.4 Å². The highest BCUT2D eigenvalue weighted by Crippen LogP contribution is 2.11. The quantitative estimate of drug-likeness (QED) is 0.837. The van der Waals surface area contributed by atoms with Gasteiger partial charge in [-0.2, -0.15) is 0 Å². The number of carbonyl (C=O) groups is 2. The molecule has 1 amide bonds. The fraction of sp³-hybridized carbons (Fsp3) is 0.267. The zero-order valence-corrected chi connectivity index (χ0v) is 11.3. The number of hydrogen-bond acceptors (Lipinski definition) is 4. The number of fused-ring (bicyclic) bond motifs is 1. The van der Waals surface area contributed by atoms with E-state index in [1.54, 1.807) is 0 Å². The van der Waals surface area contributed by atoms with Gasteiger partial charge in [-0.3, -0.25) is 14.6 Å². The Bertz CT molecular complexity index is 625. The van der Waals surface area contributed by atoms with E-state index in [4.69, 9.17) is 0 Å². The molecule has 0 atom stereocenters. The minimum atomic E-state index is -0.339. The highest BCUT2D eigenvalue weighted by Gasteiger charge is 2.06. The van der Waals surface area contributed by atoms with Gasteiger partial charge in [-0.25, -0.2) is 0 Å². The normalized spacial score (nSPS) is 10.2. The number of hydrogen-bond donors (Lipinski definition) is 1. The Balaban J connectivity index is 1.91. The van der Waals surface area contributed by atoms with Crippen molar-refractivity contribution in [2.45, 2.75) is 12.8 Å². The molecule has 0 unspecified atom stereocenters. The summed E-state index contributed by atoms with van der Waals surface area (Å²) in [6, 6.07) is 11.5. The molecule has 0 aliphatic rings. The number of pyridine rings is 1. The zero-order chi connectivity index (χ0) is 14.4. The van der Waals surface area contributed by atoms with Crippen LogP contribution in [0.1, 0.15) is 12.1 Å². The Kier molecular flexibility index (Phi) is 4.65. The molecule has 0 saturated carbocycles. The number of aromatic nitrogens is 1. The number of esters is 1. The van der Waals surface area contributed by atoms with Crippen molar-refractivity contribution in [3.8, 4) is 0 Å². The molecule has 0 radical (unpaired) electrons. The van der Waals surface area contributed by atoms with E-state index in [0.717, 1.165) is 10.9 Å². The summed E-state index contributed by atoms with van der Waals surface area (Å²) in [6.45, 7) is 0.277. The molecule has 1 aromatic carbocycles. The molecule has 5 nitrogen and oxygen atoms in total. The van der Waals surface area contributed by atoms with Gasteiger partial charge in [-0.05, 0) is 12.1 Å². The molecule has 5 heteroatoms. The second-order valence-electron chi connectivity index (χ2n) is 4.35. The van der Waals surface area contributed by atoms with Gasteiger partial charge in [0.05, 0.1) is 31.2 Å². The number of methoxy groups -OCH3 is 1. The smallest absolute Gasteiger partial charge is 0.307 e. The summed E-state index contributed by atoms with van der Waals surface area (Å²) in [4.78, 5) is 27.0. The molecule has 1 N–H and O–H groups in total. The second-order valence-corrected chi connectivity index (χ2v) is 4.35. The van der Waals surface area contributed by atoms with E-state index in [2.05, 4.69) is 15.0 Å². The van der Waals surface area contributed by atoms with Crippen LogP contribution in [-0.4, -0.2) is 30.5 Å². The van der Waals surface area contributed by atoms with Crippen LogP contribution in [0.5, 0.6) is 0 Å². The SMILES string of the molecule is COC(=O)CCNC(=O)Cc1ccc2ccccc2n1. The molecule has 1 aromatic heterocycles. The second kappa shape index (κ2) is 6.65. The summed E-state index contributed by atoms with van der Waals surface area (Å²) in [6.07, 6.45) is 0.374. The molecular weight excluding hydrogens is 256 g/mol. The zero-order valence-electron chi connectivity index (χ0n) is 11.3. The first-order valence-corrected chi connectivity index (χ1v) is 6.37. The lowest BCUT2D eigenvalue weighted by atomic mass is 10.2. The number of nitrogens with one attached hydrogen (secondary N) is 1. The van der Waals surface area contributed by atoms with Crippen molar-refractivity contribution < 1.29 is 14.3 Å². The molecule has 2 rings (SSSR count). The van der Waals surface area contributed by atoms with Crippen molar-refractivity contribution in [2.75, 3.05) is 13.7 Å². The molecule has 0 aliphatic carbocycles. The molecule has 0 aliphatic heterocycles. The Morgan fingerprint density at radius 2 is 2.00 bits per heavy atom. The first-order valence-electron chi connectivity index (χ1n) is 6.37. The monoisotopic (exact) mass is 272 g/mol. The number of nitrogens with zero attached hydrogens (tertiary/aromatic N) is 1. The molecule has 20 heavy (non-hydrogen) atoms. The Hall–Kier alpha value is -2.43. The third-order valence-electron chi connectivity index (χ3n) is 2.88. The van der Waals surface area contributed by atoms with Gasteiger partial charge in [0.15, 0.2) is 0 Å². The molecular formula is C15H16N2O3. The van der Waals surface area contributed by atoms with E-state index in [1.165, 1.54) is 7.11 Å². The van der Waals surface area contributed by atoms with Crippen LogP contribution in [0.4, 0.5) is 0 Å². The Morgan fingerprint density at radius 3 is 2.80 bits per heavy atom. The molecule has 0 fully saturated rings. The van der Waals surface area contributed by atoms with Crippen molar-refractivity contribution in [1.29, 1.82) is 0 Å². The van der Waals surface area contributed by atoms with E-state index in [-0.39, 0.29) is 31.3 Å². The molecule has 0 bridgehead atoms. The van der Waals surface area contributed by atoms with Crippen LogP contribution in [-0.2, 0) is 20.7 Å². The van der Waals surface area contributed by atoms with Gasteiger partial charge in [0, 0.05) is 11.9 Å².